The quantitative estimate of drug-likeness (QED) is 0.866. The molecule has 0 spiro atoms. The fourth-order valence-corrected chi connectivity index (χ4v) is 2.98. The highest BCUT2D eigenvalue weighted by Crippen LogP contribution is 2.33. The molecule has 1 heterocycles. The van der Waals surface area contributed by atoms with E-state index in [2.05, 4.69) is 5.32 Å². The van der Waals surface area contributed by atoms with Crippen molar-refractivity contribution in [3.05, 3.63) is 28.0 Å². The highest BCUT2D eigenvalue weighted by atomic mass is 35.5. The van der Waals surface area contributed by atoms with Crippen LogP contribution >= 0.6 is 23.2 Å². The van der Waals surface area contributed by atoms with E-state index >= 15 is 0 Å². The first-order valence-corrected chi connectivity index (χ1v) is 6.78. The number of ether oxygens (including phenoxy) is 1. The minimum atomic E-state index is -0.427. The van der Waals surface area contributed by atoms with Crippen molar-refractivity contribution < 1.29 is 9.13 Å². The Hall–Kier alpha value is -0.510. The molecule has 1 fully saturated rings. The molecule has 0 bridgehead atoms. The number of hydrogen-bond acceptors (Lipinski definition) is 2. The summed E-state index contributed by atoms with van der Waals surface area (Å²) in [7, 11) is 0. The second-order valence-corrected chi connectivity index (χ2v) is 5.63. The average molecular weight is 292 g/mol. The Morgan fingerprint density at radius 2 is 1.67 bits per heavy atom. The molecule has 2 nitrogen and oxygen atoms in total. The molecule has 0 radical (unpaired) electrons. The van der Waals surface area contributed by atoms with Gasteiger partial charge >= 0.3 is 0 Å². The van der Waals surface area contributed by atoms with Crippen LogP contribution in [0.15, 0.2) is 12.1 Å². The van der Waals surface area contributed by atoms with Crippen LogP contribution in [0.3, 0.4) is 0 Å². The molecular formula is C13H16Cl2FNO. The van der Waals surface area contributed by atoms with E-state index in [1.807, 2.05) is 13.8 Å². The van der Waals surface area contributed by atoms with Crippen LogP contribution in [-0.4, -0.2) is 18.2 Å². The van der Waals surface area contributed by atoms with E-state index < -0.39 is 5.82 Å². The normalized spacial score (nSPS) is 28.2. The van der Waals surface area contributed by atoms with Crippen molar-refractivity contribution in [2.24, 2.45) is 0 Å². The first kappa shape index (κ1) is 13.9. The Bertz CT molecular complexity index is 408. The zero-order valence-electron chi connectivity index (χ0n) is 10.3. The molecule has 2 unspecified atom stereocenters. The van der Waals surface area contributed by atoms with E-state index in [1.165, 1.54) is 12.1 Å². The molecule has 1 N–H and O–H groups in total. The van der Waals surface area contributed by atoms with Gasteiger partial charge in [-0.25, -0.2) is 4.39 Å². The van der Waals surface area contributed by atoms with Gasteiger partial charge in [0.1, 0.15) is 5.82 Å². The highest BCUT2D eigenvalue weighted by molar-refractivity contribution is 6.39. The van der Waals surface area contributed by atoms with Gasteiger partial charge in [0.2, 0.25) is 0 Å². The monoisotopic (exact) mass is 291 g/mol. The van der Waals surface area contributed by atoms with E-state index in [0.29, 0.717) is 15.7 Å². The van der Waals surface area contributed by atoms with Crippen LogP contribution in [0.4, 0.5) is 10.1 Å². The lowest BCUT2D eigenvalue weighted by Crippen LogP contribution is -2.37. The summed E-state index contributed by atoms with van der Waals surface area (Å²) >= 11 is 12.0. The molecule has 0 aromatic heterocycles. The summed E-state index contributed by atoms with van der Waals surface area (Å²) in [5.41, 5.74) is 0.603. The lowest BCUT2D eigenvalue weighted by Gasteiger charge is -2.33. The van der Waals surface area contributed by atoms with Gasteiger partial charge in [-0.3, -0.25) is 0 Å². The molecule has 5 heteroatoms. The molecule has 1 aromatic rings. The van der Waals surface area contributed by atoms with Gasteiger partial charge in [0.05, 0.1) is 27.9 Å². The van der Waals surface area contributed by atoms with Crippen LogP contribution in [0.2, 0.25) is 10.0 Å². The van der Waals surface area contributed by atoms with Gasteiger partial charge in [-0.2, -0.15) is 0 Å². The number of nitrogens with one attached hydrogen (secondary N) is 1. The van der Waals surface area contributed by atoms with Gasteiger partial charge in [0, 0.05) is 6.04 Å². The van der Waals surface area contributed by atoms with Gasteiger partial charge in [0.15, 0.2) is 0 Å². The molecular weight excluding hydrogens is 276 g/mol. The minimum Gasteiger partial charge on any atom is -0.380 e. The first-order chi connectivity index (χ1) is 8.45. The smallest absolute Gasteiger partial charge is 0.126 e. The molecule has 2 rings (SSSR count). The Balaban J connectivity index is 2.14. The summed E-state index contributed by atoms with van der Waals surface area (Å²) in [6, 6.07) is 2.77. The number of hydrogen-bond donors (Lipinski definition) is 1. The van der Waals surface area contributed by atoms with Crippen molar-refractivity contribution in [1.82, 2.24) is 0 Å². The number of rotatable bonds is 2. The van der Waals surface area contributed by atoms with Gasteiger partial charge < -0.3 is 10.1 Å². The molecule has 1 aliphatic rings. The Morgan fingerprint density at radius 3 is 2.17 bits per heavy atom. The lowest BCUT2D eigenvalue weighted by molar-refractivity contribution is -0.0337. The van der Waals surface area contributed by atoms with Gasteiger partial charge in [-0.1, -0.05) is 23.2 Å². The predicted molar refractivity (Wildman–Crippen MR) is 73.1 cm³/mol. The molecule has 100 valence electrons. The van der Waals surface area contributed by atoms with E-state index in [-0.39, 0.29) is 18.2 Å². The standard InChI is InChI=1S/C13H16Cl2FNO/c1-7-3-10(4-8(2)18-7)17-13-11(14)5-9(16)6-12(13)15/h5-8,10,17H,3-4H2,1-2H3. The topological polar surface area (TPSA) is 21.3 Å². The van der Waals surface area contributed by atoms with Crippen molar-refractivity contribution in [2.75, 3.05) is 5.32 Å². The fraction of sp³-hybridized carbons (Fsp3) is 0.538. The second kappa shape index (κ2) is 5.64. The van der Waals surface area contributed by atoms with Crippen LogP contribution in [-0.2, 0) is 4.74 Å². The summed E-state index contributed by atoms with van der Waals surface area (Å²) in [4.78, 5) is 0. The molecule has 1 saturated heterocycles. The maximum absolute atomic E-state index is 13.1. The molecule has 0 aliphatic carbocycles. The second-order valence-electron chi connectivity index (χ2n) is 4.81. The number of anilines is 1. The third-order valence-corrected chi connectivity index (χ3v) is 3.65. The summed E-state index contributed by atoms with van der Waals surface area (Å²) in [5, 5.41) is 3.92. The molecule has 2 atom stereocenters. The summed E-state index contributed by atoms with van der Waals surface area (Å²) < 4.78 is 18.8. The summed E-state index contributed by atoms with van der Waals surface area (Å²) in [6.07, 6.45) is 2.16. The summed E-state index contributed by atoms with van der Waals surface area (Å²) in [5.74, 6) is -0.427. The van der Waals surface area contributed by atoms with Crippen molar-refractivity contribution >= 4 is 28.9 Å². The number of benzene rings is 1. The highest BCUT2D eigenvalue weighted by Gasteiger charge is 2.25. The largest absolute Gasteiger partial charge is 0.380 e. The van der Waals surface area contributed by atoms with Crippen molar-refractivity contribution in [3.63, 3.8) is 0 Å². The fourth-order valence-electron chi connectivity index (χ4n) is 2.41. The average Bonchev–Trinajstić information content (AvgIpc) is 2.22. The van der Waals surface area contributed by atoms with E-state index in [4.69, 9.17) is 27.9 Å². The zero-order valence-corrected chi connectivity index (χ0v) is 11.9. The zero-order chi connectivity index (χ0) is 13.3. The van der Waals surface area contributed by atoms with Gasteiger partial charge in [0.25, 0.3) is 0 Å². The van der Waals surface area contributed by atoms with Crippen LogP contribution in [0.1, 0.15) is 26.7 Å². The molecule has 18 heavy (non-hydrogen) atoms. The molecule has 1 aromatic carbocycles. The van der Waals surface area contributed by atoms with Gasteiger partial charge in [-0.15, -0.1) is 0 Å². The Kier molecular flexibility index (Phi) is 4.36. The third kappa shape index (κ3) is 3.28. The third-order valence-electron chi connectivity index (χ3n) is 3.05. The van der Waals surface area contributed by atoms with Crippen LogP contribution in [0, 0.1) is 5.82 Å². The first-order valence-electron chi connectivity index (χ1n) is 6.02. The SMILES string of the molecule is CC1CC(Nc2c(Cl)cc(F)cc2Cl)CC(C)O1. The lowest BCUT2D eigenvalue weighted by atomic mass is 9.99. The van der Waals surface area contributed by atoms with E-state index in [0.717, 1.165) is 12.8 Å². The molecule has 1 aliphatic heterocycles. The molecule has 0 amide bonds. The van der Waals surface area contributed by atoms with Crippen LogP contribution in [0.5, 0.6) is 0 Å². The Labute approximate surface area is 116 Å². The molecule has 0 saturated carbocycles. The predicted octanol–water partition coefficient (Wildman–Crippen LogP) is 4.50. The van der Waals surface area contributed by atoms with Crippen molar-refractivity contribution in [1.29, 1.82) is 0 Å². The summed E-state index contributed by atoms with van der Waals surface area (Å²) in [6.45, 7) is 4.08. The maximum atomic E-state index is 13.1. The van der Waals surface area contributed by atoms with Crippen LogP contribution < -0.4 is 5.32 Å². The van der Waals surface area contributed by atoms with Gasteiger partial charge in [-0.05, 0) is 38.8 Å². The Morgan fingerprint density at radius 1 is 1.17 bits per heavy atom. The van der Waals surface area contributed by atoms with Crippen molar-refractivity contribution in [3.8, 4) is 0 Å². The van der Waals surface area contributed by atoms with E-state index in [9.17, 15) is 4.39 Å². The van der Waals surface area contributed by atoms with Crippen molar-refractivity contribution in [2.45, 2.75) is 44.9 Å². The minimum absolute atomic E-state index is 0.198. The number of halogens is 3. The van der Waals surface area contributed by atoms with Crippen LogP contribution in [0.25, 0.3) is 0 Å². The van der Waals surface area contributed by atoms with E-state index in [1.54, 1.807) is 0 Å². The maximum Gasteiger partial charge on any atom is 0.126 e.